The SMILES string of the molecule is COc1ccc(COC(=O)[C@H]2CS[C@]3(c4ccccc4)CCC(=O)N23)cc1F. The van der Waals surface area contributed by atoms with Crippen molar-refractivity contribution in [2.45, 2.75) is 30.4 Å². The summed E-state index contributed by atoms with van der Waals surface area (Å²) in [6.45, 7) is -0.0543. The van der Waals surface area contributed by atoms with Crippen molar-refractivity contribution in [2.75, 3.05) is 12.9 Å². The van der Waals surface area contributed by atoms with Crippen LogP contribution in [0.4, 0.5) is 4.39 Å². The number of amides is 1. The van der Waals surface area contributed by atoms with Crippen molar-refractivity contribution in [3.8, 4) is 5.75 Å². The highest BCUT2D eigenvalue weighted by molar-refractivity contribution is 8.00. The van der Waals surface area contributed by atoms with E-state index in [1.54, 1.807) is 22.7 Å². The van der Waals surface area contributed by atoms with Gasteiger partial charge in [0.15, 0.2) is 11.6 Å². The number of rotatable bonds is 5. The van der Waals surface area contributed by atoms with E-state index < -0.39 is 22.7 Å². The first-order valence-corrected chi connectivity index (χ1v) is 10.0. The van der Waals surface area contributed by atoms with Crippen LogP contribution in [0, 0.1) is 5.82 Å². The van der Waals surface area contributed by atoms with Crippen molar-refractivity contribution in [2.24, 2.45) is 0 Å². The Morgan fingerprint density at radius 3 is 2.79 bits per heavy atom. The van der Waals surface area contributed by atoms with Crippen molar-refractivity contribution in [3.05, 3.63) is 65.5 Å². The van der Waals surface area contributed by atoms with Gasteiger partial charge < -0.3 is 14.4 Å². The number of hydrogen-bond acceptors (Lipinski definition) is 5. The quantitative estimate of drug-likeness (QED) is 0.718. The number of fused-ring (bicyclic) bond motifs is 1. The molecule has 0 saturated carbocycles. The second kappa shape index (κ2) is 7.47. The average molecular weight is 401 g/mol. The molecule has 28 heavy (non-hydrogen) atoms. The van der Waals surface area contributed by atoms with Crippen molar-refractivity contribution < 1.29 is 23.5 Å². The molecule has 2 aliphatic rings. The third-order valence-corrected chi connectivity index (χ3v) is 6.82. The molecule has 7 heteroatoms. The van der Waals surface area contributed by atoms with Crippen LogP contribution in [-0.4, -0.2) is 35.7 Å². The average Bonchev–Trinajstić information content (AvgIpc) is 3.26. The molecule has 0 radical (unpaired) electrons. The highest BCUT2D eigenvalue weighted by Crippen LogP contribution is 2.54. The lowest BCUT2D eigenvalue weighted by Gasteiger charge is -2.33. The van der Waals surface area contributed by atoms with E-state index in [4.69, 9.17) is 9.47 Å². The number of benzene rings is 2. The molecule has 0 bridgehead atoms. The second-order valence-electron chi connectivity index (χ2n) is 6.82. The van der Waals surface area contributed by atoms with Crippen LogP contribution in [0.1, 0.15) is 24.0 Å². The Bertz CT molecular complexity index is 907. The number of hydrogen-bond donors (Lipinski definition) is 0. The minimum absolute atomic E-state index is 0.0358. The lowest BCUT2D eigenvalue weighted by Crippen LogP contribution is -2.46. The second-order valence-corrected chi connectivity index (χ2v) is 8.11. The Kier molecular flexibility index (Phi) is 5.02. The van der Waals surface area contributed by atoms with Crippen LogP contribution in [0.5, 0.6) is 5.75 Å². The predicted octanol–water partition coefficient (Wildman–Crippen LogP) is 3.47. The summed E-state index contributed by atoms with van der Waals surface area (Å²) in [5, 5.41) is 0. The maximum Gasteiger partial charge on any atom is 0.330 e. The van der Waals surface area contributed by atoms with Crippen LogP contribution in [0.3, 0.4) is 0 Å². The van der Waals surface area contributed by atoms with Crippen LogP contribution in [-0.2, 0) is 25.8 Å². The van der Waals surface area contributed by atoms with E-state index in [-0.39, 0.29) is 18.3 Å². The summed E-state index contributed by atoms with van der Waals surface area (Å²) in [6, 6.07) is 13.6. The number of carbonyl (C=O) groups is 2. The topological polar surface area (TPSA) is 55.8 Å². The zero-order valence-electron chi connectivity index (χ0n) is 15.4. The maximum atomic E-state index is 13.8. The molecular weight excluding hydrogens is 381 g/mol. The molecule has 2 aromatic carbocycles. The van der Waals surface area contributed by atoms with Gasteiger partial charge in [-0.05, 0) is 29.7 Å². The van der Waals surface area contributed by atoms with Gasteiger partial charge in [-0.2, -0.15) is 0 Å². The van der Waals surface area contributed by atoms with E-state index in [0.717, 1.165) is 5.56 Å². The lowest BCUT2D eigenvalue weighted by atomic mass is 10.0. The first kappa shape index (κ1) is 18.8. The van der Waals surface area contributed by atoms with E-state index in [1.165, 1.54) is 19.2 Å². The summed E-state index contributed by atoms with van der Waals surface area (Å²) in [4.78, 5) is 26.5. The summed E-state index contributed by atoms with van der Waals surface area (Å²) >= 11 is 1.61. The molecule has 2 heterocycles. The molecule has 0 unspecified atom stereocenters. The van der Waals surface area contributed by atoms with Crippen molar-refractivity contribution >= 4 is 23.6 Å². The minimum Gasteiger partial charge on any atom is -0.494 e. The van der Waals surface area contributed by atoms with Gasteiger partial charge in [0, 0.05) is 12.2 Å². The van der Waals surface area contributed by atoms with Crippen LogP contribution >= 0.6 is 11.8 Å². The van der Waals surface area contributed by atoms with Gasteiger partial charge in [0.05, 0.1) is 7.11 Å². The fourth-order valence-electron chi connectivity index (χ4n) is 3.87. The van der Waals surface area contributed by atoms with Gasteiger partial charge in [0.2, 0.25) is 5.91 Å². The largest absolute Gasteiger partial charge is 0.494 e. The molecule has 0 spiro atoms. The molecule has 5 nitrogen and oxygen atoms in total. The van der Waals surface area contributed by atoms with Gasteiger partial charge in [0.1, 0.15) is 17.5 Å². The zero-order valence-corrected chi connectivity index (χ0v) is 16.2. The highest BCUT2D eigenvalue weighted by atomic mass is 32.2. The third-order valence-electron chi connectivity index (χ3n) is 5.22. The number of nitrogens with zero attached hydrogens (tertiary/aromatic N) is 1. The first-order chi connectivity index (χ1) is 13.5. The standard InChI is InChI=1S/C21H20FNO4S/c1-26-18-8-7-14(11-16(18)22)12-27-20(25)17-13-28-21(10-9-19(24)23(17)21)15-5-3-2-4-6-15/h2-8,11,17H,9-10,12-13H2,1H3/t17-,21+/m1/s1. The van der Waals surface area contributed by atoms with E-state index in [2.05, 4.69) is 0 Å². The number of esters is 1. The Morgan fingerprint density at radius 2 is 2.07 bits per heavy atom. The lowest BCUT2D eigenvalue weighted by molar-refractivity contribution is -0.155. The molecule has 2 saturated heterocycles. The van der Waals surface area contributed by atoms with Crippen molar-refractivity contribution in [1.29, 1.82) is 0 Å². The molecule has 2 aromatic rings. The van der Waals surface area contributed by atoms with E-state index >= 15 is 0 Å². The third kappa shape index (κ3) is 3.13. The normalized spacial score (nSPS) is 23.6. The van der Waals surface area contributed by atoms with Gasteiger partial charge in [-0.1, -0.05) is 36.4 Å². The van der Waals surface area contributed by atoms with Gasteiger partial charge in [0.25, 0.3) is 0 Å². The molecule has 0 aromatic heterocycles. The molecule has 2 atom stereocenters. The molecule has 2 fully saturated rings. The molecule has 1 amide bonds. The number of carbonyl (C=O) groups excluding carboxylic acids is 2. The zero-order chi connectivity index (χ0) is 19.7. The Labute approximate surface area is 166 Å². The van der Waals surface area contributed by atoms with Gasteiger partial charge in [-0.25, -0.2) is 9.18 Å². The Hall–Kier alpha value is -2.54. The molecule has 0 N–H and O–H groups in total. The summed E-state index contributed by atoms with van der Waals surface area (Å²) in [6.07, 6.45) is 1.09. The number of halogens is 1. The number of ether oxygens (including phenoxy) is 2. The summed E-state index contributed by atoms with van der Waals surface area (Å²) < 4.78 is 24.1. The highest BCUT2D eigenvalue weighted by Gasteiger charge is 2.57. The maximum absolute atomic E-state index is 13.8. The Morgan fingerprint density at radius 1 is 1.29 bits per heavy atom. The summed E-state index contributed by atoms with van der Waals surface area (Å²) in [7, 11) is 1.39. The summed E-state index contributed by atoms with van der Waals surface area (Å²) in [5.41, 5.74) is 1.55. The van der Waals surface area contributed by atoms with Gasteiger partial charge >= 0.3 is 5.97 Å². The first-order valence-electron chi connectivity index (χ1n) is 9.06. The minimum atomic E-state index is -0.636. The molecule has 4 rings (SSSR count). The molecule has 146 valence electrons. The van der Waals surface area contributed by atoms with Crippen molar-refractivity contribution in [3.63, 3.8) is 0 Å². The van der Waals surface area contributed by atoms with Gasteiger partial charge in [-0.3, -0.25) is 4.79 Å². The predicted molar refractivity (Wildman–Crippen MR) is 103 cm³/mol. The fraction of sp³-hybridized carbons (Fsp3) is 0.333. The molecule has 2 aliphatic heterocycles. The fourth-order valence-corrected chi connectivity index (χ4v) is 5.50. The van der Waals surface area contributed by atoms with Crippen molar-refractivity contribution in [1.82, 2.24) is 4.90 Å². The van der Waals surface area contributed by atoms with E-state index in [1.807, 2.05) is 30.3 Å². The van der Waals surface area contributed by atoms with E-state index in [0.29, 0.717) is 24.2 Å². The Balaban J connectivity index is 1.49. The number of methoxy groups -OCH3 is 1. The smallest absolute Gasteiger partial charge is 0.330 e. The van der Waals surface area contributed by atoms with Crippen LogP contribution in [0.2, 0.25) is 0 Å². The van der Waals surface area contributed by atoms with E-state index in [9.17, 15) is 14.0 Å². The molecule has 0 aliphatic carbocycles. The monoisotopic (exact) mass is 401 g/mol. The summed E-state index contributed by atoms with van der Waals surface area (Å²) in [5.74, 6) is -0.387. The van der Waals surface area contributed by atoms with Crippen LogP contribution < -0.4 is 4.74 Å². The van der Waals surface area contributed by atoms with Crippen LogP contribution in [0.25, 0.3) is 0 Å². The molecular formula is C21H20FNO4S. The van der Waals surface area contributed by atoms with Crippen LogP contribution in [0.15, 0.2) is 48.5 Å². The number of thioether (sulfide) groups is 1. The van der Waals surface area contributed by atoms with Gasteiger partial charge in [-0.15, -0.1) is 11.8 Å².